The van der Waals surface area contributed by atoms with Crippen LogP contribution in [0.4, 0.5) is 4.79 Å². The van der Waals surface area contributed by atoms with Gasteiger partial charge in [-0.2, -0.15) is 0 Å². The third-order valence-corrected chi connectivity index (χ3v) is 6.83. The number of carbonyl (C=O) groups excluding carboxylic acids is 1. The van der Waals surface area contributed by atoms with Gasteiger partial charge >= 0.3 is 6.09 Å². The maximum atomic E-state index is 12.2. The Bertz CT molecular complexity index is 452. The quantitative estimate of drug-likeness (QED) is 0.671. The van der Waals surface area contributed by atoms with Gasteiger partial charge in [0.05, 0.1) is 0 Å². The number of piperidine rings is 1. The molecule has 0 spiro atoms. The molecule has 3 nitrogen and oxygen atoms in total. The van der Waals surface area contributed by atoms with Crippen LogP contribution in [0.5, 0.6) is 0 Å². The fourth-order valence-electron chi connectivity index (χ4n) is 4.95. The number of likely N-dealkylation sites (tertiary alicyclic amines) is 1. The van der Waals surface area contributed by atoms with E-state index in [1.165, 1.54) is 12.6 Å². The first-order valence-electron chi connectivity index (χ1n) is 8.89. The highest BCUT2D eigenvalue weighted by atomic mass is 16.6. The lowest BCUT2D eigenvalue weighted by Crippen LogP contribution is -2.37. The van der Waals surface area contributed by atoms with E-state index in [-0.39, 0.29) is 11.7 Å². The smallest absolute Gasteiger partial charge is 0.410 e. The average Bonchev–Trinajstić information content (AvgIpc) is 2.69. The van der Waals surface area contributed by atoms with E-state index in [1.54, 1.807) is 0 Å². The van der Waals surface area contributed by atoms with Crippen molar-refractivity contribution in [1.29, 1.82) is 0 Å². The molecule has 3 fully saturated rings. The van der Waals surface area contributed by atoms with E-state index >= 15 is 0 Å². The molecule has 1 saturated carbocycles. The van der Waals surface area contributed by atoms with Crippen molar-refractivity contribution < 1.29 is 9.53 Å². The molecule has 2 heterocycles. The standard InChI is InChI=1S/C18H32BNO2/c1-16(2,3)22-15(21)20-8-12-13(9-20)14(12)19-10-17(4,5)18(6,7)11-19/h12-14H,8-11H2,1-7H3. The maximum Gasteiger partial charge on any atom is 0.410 e. The van der Waals surface area contributed by atoms with Gasteiger partial charge < -0.3 is 9.64 Å². The summed E-state index contributed by atoms with van der Waals surface area (Å²) in [5, 5.41) is 0. The molecule has 1 aliphatic carbocycles. The molecule has 0 aromatic heterocycles. The van der Waals surface area contributed by atoms with Crippen molar-refractivity contribution >= 4 is 12.8 Å². The van der Waals surface area contributed by atoms with E-state index < -0.39 is 0 Å². The molecule has 2 saturated heterocycles. The van der Waals surface area contributed by atoms with Crippen molar-refractivity contribution in [2.45, 2.75) is 72.5 Å². The molecular weight excluding hydrogens is 273 g/mol. The summed E-state index contributed by atoms with van der Waals surface area (Å²) in [6, 6.07) is 0. The number of hydrogen-bond acceptors (Lipinski definition) is 2. The number of carbonyl (C=O) groups is 1. The van der Waals surface area contributed by atoms with Gasteiger partial charge in [-0.15, -0.1) is 0 Å². The van der Waals surface area contributed by atoms with Gasteiger partial charge in [0, 0.05) is 13.1 Å². The summed E-state index contributed by atoms with van der Waals surface area (Å²) < 4.78 is 5.50. The number of rotatable bonds is 1. The number of ether oxygens (including phenoxy) is 1. The Labute approximate surface area is 136 Å². The summed E-state index contributed by atoms with van der Waals surface area (Å²) in [5.41, 5.74) is 0.502. The molecule has 2 unspecified atom stereocenters. The molecule has 3 rings (SSSR count). The zero-order valence-electron chi connectivity index (χ0n) is 15.4. The van der Waals surface area contributed by atoms with Crippen LogP contribution in [0.1, 0.15) is 48.5 Å². The zero-order chi connectivity index (χ0) is 16.5. The van der Waals surface area contributed by atoms with Crippen LogP contribution in [0.25, 0.3) is 0 Å². The lowest BCUT2D eigenvalue weighted by molar-refractivity contribution is 0.0274. The van der Waals surface area contributed by atoms with Gasteiger partial charge in [-0.3, -0.25) is 0 Å². The fourth-order valence-corrected chi connectivity index (χ4v) is 4.95. The van der Waals surface area contributed by atoms with E-state index in [0.29, 0.717) is 10.8 Å². The minimum absolute atomic E-state index is 0.120. The predicted octanol–water partition coefficient (Wildman–Crippen LogP) is 4.41. The highest BCUT2D eigenvalue weighted by Crippen LogP contribution is 2.66. The van der Waals surface area contributed by atoms with Gasteiger partial charge in [-0.25, -0.2) is 4.79 Å². The van der Waals surface area contributed by atoms with Gasteiger partial charge in [0.2, 0.25) is 0 Å². The molecule has 0 bridgehead atoms. The van der Waals surface area contributed by atoms with Crippen LogP contribution < -0.4 is 0 Å². The first kappa shape index (κ1) is 16.2. The summed E-state index contributed by atoms with van der Waals surface area (Å²) in [6.07, 6.45) is 2.58. The maximum absolute atomic E-state index is 12.2. The Morgan fingerprint density at radius 2 is 1.50 bits per heavy atom. The monoisotopic (exact) mass is 305 g/mol. The summed E-state index contributed by atoms with van der Waals surface area (Å²) in [4.78, 5) is 14.1. The van der Waals surface area contributed by atoms with Crippen LogP contribution in [0.3, 0.4) is 0 Å². The highest BCUT2D eigenvalue weighted by Gasteiger charge is 2.64. The molecule has 22 heavy (non-hydrogen) atoms. The van der Waals surface area contributed by atoms with Crippen LogP contribution in [0.2, 0.25) is 18.5 Å². The fraction of sp³-hybridized carbons (Fsp3) is 0.944. The molecule has 0 radical (unpaired) electrons. The molecular formula is C18H32BNO2. The van der Waals surface area contributed by atoms with E-state index in [0.717, 1.165) is 37.5 Å². The SMILES string of the molecule is CC(C)(C)OC(=O)N1CC2C(C1)C2B1CC(C)(C)C(C)(C)C1. The second-order valence-corrected chi connectivity index (χ2v) is 10.2. The lowest BCUT2D eigenvalue weighted by atomic mass is 9.41. The van der Waals surface area contributed by atoms with E-state index in [4.69, 9.17) is 4.74 Å². The summed E-state index contributed by atoms with van der Waals surface area (Å²) in [6.45, 7) is 18.2. The first-order chi connectivity index (χ1) is 9.91. The normalized spacial score (nSPS) is 35.5. The third-order valence-electron chi connectivity index (χ3n) is 6.83. The Morgan fingerprint density at radius 1 is 1.05 bits per heavy atom. The third kappa shape index (κ3) is 2.67. The Morgan fingerprint density at radius 3 is 1.91 bits per heavy atom. The van der Waals surface area contributed by atoms with Gasteiger partial charge in [-0.1, -0.05) is 46.2 Å². The van der Waals surface area contributed by atoms with Crippen LogP contribution in [-0.4, -0.2) is 36.4 Å². The predicted molar refractivity (Wildman–Crippen MR) is 91.5 cm³/mol. The number of hydrogen-bond donors (Lipinski definition) is 0. The van der Waals surface area contributed by atoms with E-state index in [9.17, 15) is 4.79 Å². The first-order valence-corrected chi connectivity index (χ1v) is 8.89. The Balaban J connectivity index is 1.55. The van der Waals surface area contributed by atoms with Crippen molar-refractivity contribution in [1.82, 2.24) is 4.90 Å². The van der Waals surface area contributed by atoms with Crippen molar-refractivity contribution in [3.05, 3.63) is 0 Å². The Kier molecular flexibility index (Phi) is 3.44. The van der Waals surface area contributed by atoms with Crippen molar-refractivity contribution in [2.24, 2.45) is 22.7 Å². The van der Waals surface area contributed by atoms with Crippen LogP contribution in [0, 0.1) is 22.7 Å². The van der Waals surface area contributed by atoms with Crippen LogP contribution >= 0.6 is 0 Å². The molecule has 4 heteroatoms. The zero-order valence-corrected chi connectivity index (χ0v) is 15.4. The van der Waals surface area contributed by atoms with Crippen molar-refractivity contribution in [3.63, 3.8) is 0 Å². The Hall–Kier alpha value is -0.665. The number of amides is 1. The van der Waals surface area contributed by atoms with Gasteiger partial charge in [0.15, 0.2) is 0 Å². The minimum Gasteiger partial charge on any atom is -0.444 e. The molecule has 0 aromatic rings. The van der Waals surface area contributed by atoms with E-state index in [1.807, 2.05) is 25.7 Å². The van der Waals surface area contributed by atoms with Crippen molar-refractivity contribution in [3.8, 4) is 0 Å². The van der Waals surface area contributed by atoms with E-state index in [2.05, 4.69) is 27.7 Å². The summed E-state index contributed by atoms with van der Waals surface area (Å²) in [5.74, 6) is 2.34. The molecule has 0 aromatic carbocycles. The second-order valence-electron chi connectivity index (χ2n) is 10.2. The number of fused-ring (bicyclic) bond motifs is 1. The topological polar surface area (TPSA) is 29.5 Å². The van der Waals surface area contributed by atoms with Crippen LogP contribution in [0.15, 0.2) is 0 Å². The summed E-state index contributed by atoms with van der Waals surface area (Å²) in [7, 11) is 0. The van der Waals surface area contributed by atoms with Gasteiger partial charge in [0.1, 0.15) is 12.3 Å². The lowest BCUT2D eigenvalue weighted by Gasteiger charge is -2.35. The van der Waals surface area contributed by atoms with Gasteiger partial charge in [0.25, 0.3) is 0 Å². The van der Waals surface area contributed by atoms with Crippen LogP contribution in [-0.2, 0) is 4.74 Å². The average molecular weight is 305 g/mol. The molecule has 1 amide bonds. The molecule has 0 N–H and O–H groups in total. The van der Waals surface area contributed by atoms with Gasteiger partial charge in [-0.05, 0) is 43.4 Å². The molecule has 3 aliphatic rings. The minimum atomic E-state index is -0.386. The second kappa shape index (κ2) is 4.67. The number of nitrogens with zero attached hydrogens (tertiary/aromatic N) is 1. The largest absolute Gasteiger partial charge is 0.444 e. The summed E-state index contributed by atoms with van der Waals surface area (Å²) >= 11 is 0. The highest BCUT2D eigenvalue weighted by molar-refractivity contribution is 6.63. The molecule has 2 aliphatic heterocycles. The molecule has 2 atom stereocenters. The van der Waals surface area contributed by atoms with Crippen molar-refractivity contribution in [2.75, 3.05) is 13.1 Å². The molecule has 124 valence electrons.